The second-order valence-electron chi connectivity index (χ2n) is 3.21. The molecule has 1 atom stereocenters. The summed E-state index contributed by atoms with van der Waals surface area (Å²) in [6.45, 7) is 1.79. The molecule has 0 spiro atoms. The van der Waals surface area contributed by atoms with E-state index in [0.717, 1.165) is 0 Å². The summed E-state index contributed by atoms with van der Waals surface area (Å²) in [6.07, 6.45) is -5.95. The van der Waals surface area contributed by atoms with E-state index in [4.69, 9.17) is 5.11 Å². The molecular formula is C8H14F3NO2. The topological polar surface area (TPSA) is 49.3 Å². The van der Waals surface area contributed by atoms with Crippen LogP contribution in [-0.2, 0) is 4.79 Å². The summed E-state index contributed by atoms with van der Waals surface area (Å²) in [7, 11) is 0. The van der Waals surface area contributed by atoms with Crippen LogP contribution in [0.4, 0.5) is 13.2 Å². The molecule has 14 heavy (non-hydrogen) atoms. The van der Waals surface area contributed by atoms with E-state index in [9.17, 15) is 18.0 Å². The lowest BCUT2D eigenvalue weighted by molar-refractivity contribution is -0.144. The van der Waals surface area contributed by atoms with Crippen LogP contribution in [0.25, 0.3) is 0 Å². The lowest BCUT2D eigenvalue weighted by atomic mass is 10.2. The summed E-state index contributed by atoms with van der Waals surface area (Å²) in [6, 6.07) is 0. The molecule has 84 valence electrons. The maximum atomic E-state index is 11.7. The molecule has 0 aromatic carbocycles. The van der Waals surface area contributed by atoms with Crippen molar-refractivity contribution in [2.45, 2.75) is 25.9 Å². The Morgan fingerprint density at radius 3 is 2.50 bits per heavy atom. The highest BCUT2D eigenvalue weighted by Gasteiger charge is 2.27. The molecule has 1 unspecified atom stereocenters. The highest BCUT2D eigenvalue weighted by Crippen LogP contribution is 2.20. The second-order valence-corrected chi connectivity index (χ2v) is 3.21. The smallest absolute Gasteiger partial charge is 0.389 e. The minimum absolute atomic E-state index is 0.0977. The standard InChI is InChI=1S/C8H14F3NO2/c1-6(5-13)4-12-7(14)2-3-8(9,10)11/h6,13H,2-5H2,1H3,(H,12,14). The zero-order valence-electron chi connectivity index (χ0n) is 7.90. The normalized spacial score (nSPS) is 13.8. The third-order valence-corrected chi connectivity index (χ3v) is 1.59. The van der Waals surface area contributed by atoms with Crippen LogP contribution in [0.15, 0.2) is 0 Å². The first-order valence-electron chi connectivity index (χ1n) is 4.29. The number of aliphatic hydroxyl groups is 1. The van der Waals surface area contributed by atoms with Gasteiger partial charge in [-0.25, -0.2) is 0 Å². The van der Waals surface area contributed by atoms with E-state index in [1.807, 2.05) is 0 Å². The Labute approximate surface area is 80.3 Å². The van der Waals surface area contributed by atoms with Gasteiger partial charge in [0.05, 0.1) is 6.42 Å². The SMILES string of the molecule is CC(CO)CNC(=O)CCC(F)(F)F. The predicted octanol–water partition coefficient (Wildman–Crippen LogP) is 1.07. The van der Waals surface area contributed by atoms with Crippen LogP contribution < -0.4 is 5.32 Å². The van der Waals surface area contributed by atoms with Crippen molar-refractivity contribution in [3.8, 4) is 0 Å². The van der Waals surface area contributed by atoms with Crippen molar-refractivity contribution in [2.75, 3.05) is 13.2 Å². The molecule has 6 heteroatoms. The lowest BCUT2D eigenvalue weighted by Gasteiger charge is -2.10. The Morgan fingerprint density at radius 2 is 2.07 bits per heavy atom. The third kappa shape index (κ3) is 7.85. The summed E-state index contributed by atoms with van der Waals surface area (Å²) >= 11 is 0. The Morgan fingerprint density at radius 1 is 1.50 bits per heavy atom. The van der Waals surface area contributed by atoms with Gasteiger partial charge in [-0.3, -0.25) is 4.79 Å². The van der Waals surface area contributed by atoms with E-state index >= 15 is 0 Å². The van der Waals surface area contributed by atoms with Gasteiger partial charge in [0, 0.05) is 19.6 Å². The molecule has 0 fully saturated rings. The summed E-state index contributed by atoms with van der Waals surface area (Å²) in [5, 5.41) is 10.9. The number of hydrogen-bond acceptors (Lipinski definition) is 2. The Hall–Kier alpha value is -0.780. The van der Waals surface area contributed by atoms with E-state index in [1.54, 1.807) is 6.92 Å². The number of alkyl halides is 3. The fraction of sp³-hybridized carbons (Fsp3) is 0.875. The van der Waals surface area contributed by atoms with Gasteiger partial charge in [-0.2, -0.15) is 13.2 Å². The number of hydrogen-bond donors (Lipinski definition) is 2. The first-order chi connectivity index (χ1) is 6.35. The maximum Gasteiger partial charge on any atom is 0.389 e. The van der Waals surface area contributed by atoms with Crippen LogP contribution >= 0.6 is 0 Å². The Bertz CT molecular complexity index is 182. The van der Waals surface area contributed by atoms with Crippen LogP contribution in [0.5, 0.6) is 0 Å². The number of carbonyl (C=O) groups is 1. The van der Waals surface area contributed by atoms with Crippen LogP contribution in [0.2, 0.25) is 0 Å². The molecule has 0 saturated heterocycles. The number of rotatable bonds is 5. The molecule has 0 bridgehead atoms. The number of nitrogens with one attached hydrogen (secondary N) is 1. The van der Waals surface area contributed by atoms with Crippen molar-refractivity contribution >= 4 is 5.91 Å². The van der Waals surface area contributed by atoms with E-state index in [1.165, 1.54) is 0 Å². The van der Waals surface area contributed by atoms with Gasteiger partial charge in [-0.15, -0.1) is 0 Å². The minimum Gasteiger partial charge on any atom is -0.396 e. The van der Waals surface area contributed by atoms with Gasteiger partial charge in [0.1, 0.15) is 0 Å². The maximum absolute atomic E-state index is 11.7. The highest BCUT2D eigenvalue weighted by molar-refractivity contribution is 5.75. The average molecular weight is 213 g/mol. The largest absolute Gasteiger partial charge is 0.396 e. The van der Waals surface area contributed by atoms with Gasteiger partial charge in [-0.1, -0.05) is 6.92 Å². The molecule has 1 amide bonds. The van der Waals surface area contributed by atoms with Crippen molar-refractivity contribution in [2.24, 2.45) is 5.92 Å². The van der Waals surface area contributed by atoms with Crippen molar-refractivity contribution in [1.29, 1.82) is 0 Å². The fourth-order valence-electron chi connectivity index (χ4n) is 0.696. The molecule has 0 radical (unpaired) electrons. The molecule has 0 aliphatic rings. The van der Waals surface area contributed by atoms with Crippen molar-refractivity contribution in [3.05, 3.63) is 0 Å². The molecule has 0 rings (SSSR count). The number of halogens is 3. The van der Waals surface area contributed by atoms with Gasteiger partial charge in [0.15, 0.2) is 0 Å². The molecule has 3 nitrogen and oxygen atoms in total. The summed E-state index contributed by atoms with van der Waals surface area (Å²) < 4.78 is 35.0. The zero-order valence-corrected chi connectivity index (χ0v) is 7.90. The first-order valence-corrected chi connectivity index (χ1v) is 4.29. The summed E-state index contributed by atoms with van der Waals surface area (Å²) in [5.41, 5.74) is 0. The van der Waals surface area contributed by atoms with E-state index in [0.29, 0.717) is 0 Å². The van der Waals surface area contributed by atoms with E-state index < -0.39 is 24.9 Å². The van der Waals surface area contributed by atoms with Crippen LogP contribution in [0.3, 0.4) is 0 Å². The van der Waals surface area contributed by atoms with E-state index in [-0.39, 0.29) is 19.1 Å². The quantitative estimate of drug-likeness (QED) is 0.717. The van der Waals surface area contributed by atoms with Gasteiger partial charge in [-0.05, 0) is 5.92 Å². The Kier molecular flexibility index (Phi) is 5.52. The van der Waals surface area contributed by atoms with Gasteiger partial charge in [0.2, 0.25) is 5.91 Å². The second kappa shape index (κ2) is 5.85. The average Bonchev–Trinajstić information content (AvgIpc) is 2.09. The monoisotopic (exact) mass is 213 g/mol. The fourth-order valence-corrected chi connectivity index (χ4v) is 0.696. The lowest BCUT2D eigenvalue weighted by Crippen LogP contribution is -2.30. The minimum atomic E-state index is -4.29. The van der Waals surface area contributed by atoms with Crippen LogP contribution in [-0.4, -0.2) is 30.3 Å². The molecule has 0 aliphatic carbocycles. The predicted molar refractivity (Wildman–Crippen MR) is 44.5 cm³/mol. The molecule has 0 aliphatic heterocycles. The van der Waals surface area contributed by atoms with Gasteiger partial charge >= 0.3 is 6.18 Å². The number of aliphatic hydroxyl groups excluding tert-OH is 1. The Balaban J connectivity index is 3.57. The molecule has 0 aromatic heterocycles. The van der Waals surface area contributed by atoms with Crippen molar-refractivity contribution in [1.82, 2.24) is 5.32 Å². The molecular weight excluding hydrogens is 199 g/mol. The highest BCUT2D eigenvalue weighted by atomic mass is 19.4. The molecule has 0 saturated carbocycles. The van der Waals surface area contributed by atoms with Gasteiger partial charge < -0.3 is 10.4 Å². The summed E-state index contributed by atoms with van der Waals surface area (Å²) in [5.74, 6) is -0.771. The van der Waals surface area contributed by atoms with Gasteiger partial charge in [0.25, 0.3) is 0 Å². The number of amides is 1. The number of carbonyl (C=O) groups excluding carboxylic acids is 1. The molecule has 2 N–H and O–H groups in total. The van der Waals surface area contributed by atoms with Crippen molar-refractivity contribution < 1.29 is 23.1 Å². The van der Waals surface area contributed by atoms with Crippen molar-refractivity contribution in [3.63, 3.8) is 0 Å². The van der Waals surface area contributed by atoms with Crippen LogP contribution in [0.1, 0.15) is 19.8 Å². The zero-order chi connectivity index (χ0) is 11.2. The summed E-state index contributed by atoms with van der Waals surface area (Å²) in [4.78, 5) is 10.8. The van der Waals surface area contributed by atoms with E-state index in [2.05, 4.69) is 5.32 Å². The molecule has 0 heterocycles. The molecule has 0 aromatic rings. The van der Waals surface area contributed by atoms with Crippen LogP contribution in [0, 0.1) is 5.92 Å². The first kappa shape index (κ1) is 13.2. The third-order valence-electron chi connectivity index (χ3n) is 1.59.